The summed E-state index contributed by atoms with van der Waals surface area (Å²) in [6.07, 6.45) is 1.57. The molecule has 18 heavy (non-hydrogen) atoms. The average Bonchev–Trinajstić information content (AvgIpc) is 2.34. The first-order valence-corrected chi connectivity index (χ1v) is 5.83. The van der Waals surface area contributed by atoms with Gasteiger partial charge < -0.3 is 11.1 Å². The molecular formula is C12H9ClFN3S. The maximum Gasteiger partial charge on any atom is 0.143 e. The zero-order valence-corrected chi connectivity index (χ0v) is 10.7. The number of pyridine rings is 1. The van der Waals surface area contributed by atoms with Gasteiger partial charge in [0.25, 0.3) is 0 Å². The Labute approximate surface area is 114 Å². The summed E-state index contributed by atoms with van der Waals surface area (Å²) in [6.45, 7) is 0. The minimum atomic E-state index is -0.493. The van der Waals surface area contributed by atoms with Crippen molar-refractivity contribution in [3.05, 3.63) is 52.9 Å². The normalized spacial score (nSPS) is 10.1. The number of aromatic nitrogens is 1. The van der Waals surface area contributed by atoms with Gasteiger partial charge in [-0.15, -0.1) is 0 Å². The highest BCUT2D eigenvalue weighted by Crippen LogP contribution is 2.21. The van der Waals surface area contributed by atoms with Crippen LogP contribution in [0.15, 0.2) is 36.5 Å². The maximum atomic E-state index is 13.3. The van der Waals surface area contributed by atoms with Crippen LogP contribution in [0.4, 0.5) is 15.9 Å². The molecule has 0 radical (unpaired) electrons. The lowest BCUT2D eigenvalue weighted by atomic mass is 10.2. The Hall–Kier alpha value is -1.72. The SMILES string of the molecule is NC(=S)c1ccnc(Nc2ccc(Cl)c(F)c2)c1. The summed E-state index contributed by atoms with van der Waals surface area (Å²) in [5.74, 6) is 0.0363. The van der Waals surface area contributed by atoms with Crippen molar-refractivity contribution in [1.82, 2.24) is 4.98 Å². The van der Waals surface area contributed by atoms with Gasteiger partial charge in [-0.1, -0.05) is 23.8 Å². The second-order valence-electron chi connectivity index (χ2n) is 3.55. The number of rotatable bonds is 3. The molecule has 0 fully saturated rings. The Balaban J connectivity index is 2.25. The third kappa shape index (κ3) is 2.94. The van der Waals surface area contributed by atoms with Gasteiger partial charge in [0, 0.05) is 17.4 Å². The van der Waals surface area contributed by atoms with Crippen LogP contribution >= 0.6 is 23.8 Å². The van der Waals surface area contributed by atoms with Crippen molar-refractivity contribution < 1.29 is 4.39 Å². The van der Waals surface area contributed by atoms with Gasteiger partial charge in [0.15, 0.2) is 0 Å². The molecule has 1 aromatic heterocycles. The second kappa shape index (κ2) is 5.29. The van der Waals surface area contributed by atoms with Crippen LogP contribution < -0.4 is 11.1 Å². The predicted molar refractivity (Wildman–Crippen MR) is 74.8 cm³/mol. The smallest absolute Gasteiger partial charge is 0.143 e. The lowest BCUT2D eigenvalue weighted by Gasteiger charge is -2.07. The zero-order chi connectivity index (χ0) is 13.1. The predicted octanol–water partition coefficient (Wildman–Crippen LogP) is 3.25. The Morgan fingerprint density at radius 1 is 1.33 bits per heavy atom. The van der Waals surface area contributed by atoms with Crippen LogP contribution in [0.3, 0.4) is 0 Å². The molecule has 2 rings (SSSR count). The summed E-state index contributed by atoms with van der Waals surface area (Å²) in [5, 5.41) is 3.02. The Morgan fingerprint density at radius 3 is 2.78 bits per heavy atom. The summed E-state index contributed by atoms with van der Waals surface area (Å²) in [5.41, 5.74) is 6.76. The van der Waals surface area contributed by atoms with E-state index in [4.69, 9.17) is 29.6 Å². The number of thiocarbonyl (C=S) groups is 1. The number of benzene rings is 1. The summed E-state index contributed by atoms with van der Waals surface area (Å²) in [7, 11) is 0. The van der Waals surface area contributed by atoms with E-state index in [0.29, 0.717) is 17.1 Å². The molecular weight excluding hydrogens is 273 g/mol. The van der Waals surface area contributed by atoms with Crippen LogP contribution in [0.25, 0.3) is 0 Å². The molecule has 0 saturated heterocycles. The number of nitrogens with two attached hydrogens (primary N) is 1. The molecule has 0 aliphatic rings. The van der Waals surface area contributed by atoms with E-state index in [1.54, 1.807) is 24.4 Å². The van der Waals surface area contributed by atoms with Gasteiger partial charge in [-0.05, 0) is 30.3 Å². The monoisotopic (exact) mass is 281 g/mol. The van der Waals surface area contributed by atoms with Crippen molar-refractivity contribution in [3.8, 4) is 0 Å². The molecule has 1 heterocycles. The van der Waals surface area contributed by atoms with Crippen LogP contribution in [-0.2, 0) is 0 Å². The lowest BCUT2D eigenvalue weighted by Crippen LogP contribution is -2.09. The maximum absolute atomic E-state index is 13.3. The fraction of sp³-hybridized carbons (Fsp3) is 0. The summed E-state index contributed by atoms with van der Waals surface area (Å²) < 4.78 is 13.3. The van der Waals surface area contributed by atoms with E-state index in [0.717, 1.165) is 0 Å². The van der Waals surface area contributed by atoms with Gasteiger partial charge >= 0.3 is 0 Å². The summed E-state index contributed by atoms with van der Waals surface area (Å²) >= 11 is 10.5. The van der Waals surface area contributed by atoms with E-state index < -0.39 is 5.82 Å². The molecule has 1 aromatic carbocycles. The molecule has 3 nitrogen and oxygen atoms in total. The first-order valence-electron chi connectivity index (χ1n) is 5.04. The first-order chi connectivity index (χ1) is 8.56. The van der Waals surface area contributed by atoms with Crippen molar-refractivity contribution in [1.29, 1.82) is 0 Å². The molecule has 0 amide bonds. The number of halogens is 2. The molecule has 3 N–H and O–H groups in total. The molecule has 0 aliphatic heterocycles. The van der Waals surface area contributed by atoms with Gasteiger partial charge in [0.2, 0.25) is 0 Å². The number of hydrogen-bond acceptors (Lipinski definition) is 3. The van der Waals surface area contributed by atoms with Crippen molar-refractivity contribution in [3.63, 3.8) is 0 Å². The van der Waals surface area contributed by atoms with E-state index in [9.17, 15) is 4.39 Å². The molecule has 0 saturated carbocycles. The zero-order valence-electron chi connectivity index (χ0n) is 9.15. The molecule has 0 aliphatic carbocycles. The molecule has 0 unspecified atom stereocenters. The number of nitrogens with one attached hydrogen (secondary N) is 1. The molecule has 2 aromatic rings. The highest BCUT2D eigenvalue weighted by molar-refractivity contribution is 7.80. The van der Waals surface area contributed by atoms with Crippen LogP contribution in [0.5, 0.6) is 0 Å². The Morgan fingerprint density at radius 2 is 2.11 bits per heavy atom. The van der Waals surface area contributed by atoms with E-state index >= 15 is 0 Å². The Kier molecular flexibility index (Phi) is 3.74. The molecule has 0 bridgehead atoms. The Bertz CT molecular complexity index is 604. The van der Waals surface area contributed by atoms with Crippen molar-refractivity contribution >= 4 is 40.3 Å². The third-order valence-electron chi connectivity index (χ3n) is 2.24. The van der Waals surface area contributed by atoms with E-state index in [2.05, 4.69) is 10.3 Å². The highest BCUT2D eigenvalue weighted by atomic mass is 35.5. The van der Waals surface area contributed by atoms with Crippen LogP contribution in [0.1, 0.15) is 5.56 Å². The topological polar surface area (TPSA) is 50.9 Å². The quantitative estimate of drug-likeness (QED) is 0.848. The molecule has 6 heteroatoms. The fourth-order valence-electron chi connectivity index (χ4n) is 1.37. The molecule has 0 atom stereocenters. The number of anilines is 2. The van der Waals surface area contributed by atoms with Gasteiger partial charge in [-0.3, -0.25) is 0 Å². The molecule has 0 spiro atoms. The molecule has 92 valence electrons. The number of nitrogens with zero attached hydrogens (tertiary/aromatic N) is 1. The van der Waals surface area contributed by atoms with Crippen LogP contribution in [0, 0.1) is 5.82 Å². The van der Waals surface area contributed by atoms with Crippen molar-refractivity contribution in [2.75, 3.05) is 5.32 Å². The minimum Gasteiger partial charge on any atom is -0.389 e. The summed E-state index contributed by atoms with van der Waals surface area (Å²) in [4.78, 5) is 4.37. The first kappa shape index (κ1) is 12.7. The van der Waals surface area contributed by atoms with Gasteiger partial charge in [-0.2, -0.15) is 0 Å². The largest absolute Gasteiger partial charge is 0.389 e. The van der Waals surface area contributed by atoms with Gasteiger partial charge in [0.05, 0.1) is 5.02 Å². The van der Waals surface area contributed by atoms with Crippen molar-refractivity contribution in [2.24, 2.45) is 5.73 Å². The van der Waals surface area contributed by atoms with E-state index in [1.807, 2.05) is 0 Å². The third-order valence-corrected chi connectivity index (χ3v) is 2.78. The highest BCUT2D eigenvalue weighted by Gasteiger charge is 2.03. The van der Waals surface area contributed by atoms with E-state index in [1.165, 1.54) is 12.1 Å². The second-order valence-corrected chi connectivity index (χ2v) is 4.39. The van der Waals surface area contributed by atoms with Gasteiger partial charge in [0.1, 0.15) is 16.6 Å². The van der Waals surface area contributed by atoms with Gasteiger partial charge in [-0.25, -0.2) is 9.37 Å². The summed E-state index contributed by atoms with van der Waals surface area (Å²) in [6, 6.07) is 7.80. The average molecular weight is 282 g/mol. The van der Waals surface area contributed by atoms with Crippen molar-refractivity contribution in [2.45, 2.75) is 0 Å². The fourth-order valence-corrected chi connectivity index (χ4v) is 1.62. The van der Waals surface area contributed by atoms with E-state index in [-0.39, 0.29) is 10.0 Å². The van der Waals surface area contributed by atoms with Crippen LogP contribution in [-0.4, -0.2) is 9.97 Å². The standard InChI is InChI=1S/C12H9ClFN3S/c13-9-2-1-8(6-10(9)14)17-11-5-7(12(15)18)3-4-16-11/h1-6H,(H2,15,18)(H,16,17). The van der Waals surface area contributed by atoms with Crippen LogP contribution in [0.2, 0.25) is 5.02 Å². The minimum absolute atomic E-state index is 0.0744. The number of hydrogen-bond donors (Lipinski definition) is 2. The lowest BCUT2D eigenvalue weighted by molar-refractivity contribution is 0.629.